The molecule has 8 heteroatoms. The Labute approximate surface area is 194 Å². The van der Waals surface area contributed by atoms with Crippen LogP contribution in [0.25, 0.3) is 11.4 Å². The Morgan fingerprint density at radius 2 is 2.03 bits per heavy atom. The van der Waals surface area contributed by atoms with E-state index in [0.29, 0.717) is 40.9 Å². The van der Waals surface area contributed by atoms with Crippen LogP contribution in [0.1, 0.15) is 56.1 Å². The molecule has 1 amide bonds. The Balaban J connectivity index is 1.69. The second-order valence-electron chi connectivity index (χ2n) is 8.94. The van der Waals surface area contributed by atoms with Gasteiger partial charge in [0.15, 0.2) is 11.6 Å². The number of aromatic nitrogens is 3. The number of nitrogens with one attached hydrogen (secondary N) is 1. The Morgan fingerprint density at radius 1 is 1.24 bits per heavy atom. The number of pyridine rings is 1. The zero-order valence-corrected chi connectivity index (χ0v) is 19.6. The maximum Gasteiger partial charge on any atom is 0.270 e. The van der Waals surface area contributed by atoms with Gasteiger partial charge in [0.2, 0.25) is 0 Å². The molecule has 4 rings (SSSR count). The Kier molecular flexibility index (Phi) is 6.26. The number of allylic oxidation sites excluding steroid dienone is 3. The van der Waals surface area contributed by atoms with Crippen molar-refractivity contribution in [2.24, 2.45) is 0 Å². The molecule has 0 spiro atoms. The number of rotatable bonds is 5. The van der Waals surface area contributed by atoms with Crippen molar-refractivity contribution in [1.29, 1.82) is 0 Å². The van der Waals surface area contributed by atoms with Gasteiger partial charge in [-0.1, -0.05) is 11.6 Å². The van der Waals surface area contributed by atoms with Crippen molar-refractivity contribution in [2.45, 2.75) is 53.0 Å². The topological polar surface area (TPSA) is 114 Å². The zero-order valence-electron chi connectivity index (χ0n) is 19.6. The van der Waals surface area contributed by atoms with E-state index in [0.717, 1.165) is 41.9 Å². The molecule has 2 aliphatic rings. The number of carbonyl (C=O) groups is 2. The minimum Gasteiger partial charge on any atom is -0.384 e. The van der Waals surface area contributed by atoms with Crippen molar-refractivity contribution in [3.63, 3.8) is 0 Å². The van der Waals surface area contributed by atoms with Gasteiger partial charge in [-0.15, -0.1) is 0 Å². The fraction of sp³-hybridized carbons (Fsp3) is 0.400. The lowest BCUT2D eigenvalue weighted by Gasteiger charge is -2.25. The molecule has 1 fully saturated rings. The van der Waals surface area contributed by atoms with Crippen molar-refractivity contribution in [3.8, 4) is 11.4 Å². The van der Waals surface area contributed by atoms with Crippen LogP contribution < -0.4 is 16.0 Å². The van der Waals surface area contributed by atoms with E-state index in [-0.39, 0.29) is 18.2 Å². The molecule has 33 heavy (non-hydrogen) atoms. The van der Waals surface area contributed by atoms with E-state index in [2.05, 4.69) is 27.1 Å². The van der Waals surface area contributed by atoms with Crippen LogP contribution in [0.4, 0.5) is 11.6 Å². The van der Waals surface area contributed by atoms with Crippen LogP contribution in [0.5, 0.6) is 0 Å². The summed E-state index contributed by atoms with van der Waals surface area (Å²) in [5, 5.41) is 2.91. The standard InChI is InChI=1S/C25H30N6O2/c1-14-10-15(2)19(20(32)11-14)13-28-25(33)22-17(4)24(31-9-5-6-16(31)3)30-23(29-22)18-7-8-21(26)27-12-18/h7-8,10,12,16H,5-6,9,11,13H2,1-4H3,(H2,26,27)(H,28,33)/t16-/m0/s1. The summed E-state index contributed by atoms with van der Waals surface area (Å²) >= 11 is 0. The first kappa shape index (κ1) is 22.6. The molecule has 1 saturated heterocycles. The molecular formula is C25H30N6O2. The van der Waals surface area contributed by atoms with Gasteiger partial charge in [0.05, 0.1) is 0 Å². The lowest BCUT2D eigenvalue weighted by molar-refractivity contribution is -0.115. The van der Waals surface area contributed by atoms with Crippen molar-refractivity contribution < 1.29 is 9.59 Å². The first-order chi connectivity index (χ1) is 15.7. The molecule has 8 nitrogen and oxygen atoms in total. The average molecular weight is 447 g/mol. The molecule has 172 valence electrons. The van der Waals surface area contributed by atoms with E-state index in [1.54, 1.807) is 18.3 Å². The number of nitrogen functional groups attached to an aromatic ring is 1. The van der Waals surface area contributed by atoms with Crippen molar-refractivity contribution in [1.82, 2.24) is 20.3 Å². The number of Topliss-reactive ketones (excluding diaryl/α,β-unsaturated/α-hetero) is 1. The predicted octanol–water partition coefficient (Wildman–Crippen LogP) is 3.38. The van der Waals surface area contributed by atoms with Crippen LogP contribution in [-0.2, 0) is 4.79 Å². The highest BCUT2D eigenvalue weighted by Gasteiger charge is 2.27. The lowest BCUT2D eigenvalue weighted by Crippen LogP contribution is -2.33. The molecule has 2 aromatic heterocycles. The Morgan fingerprint density at radius 3 is 2.67 bits per heavy atom. The number of hydrogen-bond donors (Lipinski definition) is 2. The molecule has 0 aromatic carbocycles. The second-order valence-corrected chi connectivity index (χ2v) is 8.94. The quantitative estimate of drug-likeness (QED) is 0.723. The number of amides is 1. The maximum absolute atomic E-state index is 13.3. The van der Waals surface area contributed by atoms with E-state index in [4.69, 9.17) is 10.7 Å². The molecular weight excluding hydrogens is 416 g/mol. The van der Waals surface area contributed by atoms with E-state index in [9.17, 15) is 9.59 Å². The van der Waals surface area contributed by atoms with E-state index in [1.165, 1.54) is 0 Å². The second kappa shape index (κ2) is 9.13. The summed E-state index contributed by atoms with van der Waals surface area (Å²) < 4.78 is 0. The van der Waals surface area contributed by atoms with Gasteiger partial charge in [-0.2, -0.15) is 0 Å². The molecule has 3 N–H and O–H groups in total. The van der Waals surface area contributed by atoms with E-state index < -0.39 is 0 Å². The summed E-state index contributed by atoms with van der Waals surface area (Å²) in [7, 11) is 0. The fourth-order valence-electron chi connectivity index (χ4n) is 4.50. The number of hydrogen-bond acceptors (Lipinski definition) is 7. The Hall–Kier alpha value is -3.55. The van der Waals surface area contributed by atoms with E-state index in [1.807, 2.05) is 26.8 Å². The minimum absolute atomic E-state index is 0.0485. The number of carbonyl (C=O) groups excluding carboxylic acids is 2. The molecule has 0 unspecified atom stereocenters. The van der Waals surface area contributed by atoms with Crippen molar-refractivity contribution in [3.05, 3.63) is 52.4 Å². The Bertz CT molecular complexity index is 1170. The summed E-state index contributed by atoms with van der Waals surface area (Å²) in [5.41, 5.74) is 10.0. The third-order valence-corrected chi connectivity index (χ3v) is 6.35. The van der Waals surface area contributed by atoms with Gasteiger partial charge in [-0.05, 0) is 58.2 Å². The lowest BCUT2D eigenvalue weighted by atomic mass is 9.92. The molecule has 0 radical (unpaired) electrons. The van der Waals surface area contributed by atoms with Gasteiger partial charge in [-0.25, -0.2) is 15.0 Å². The van der Waals surface area contributed by atoms with Crippen LogP contribution in [0.3, 0.4) is 0 Å². The predicted molar refractivity (Wildman–Crippen MR) is 129 cm³/mol. The SMILES string of the molecule is CC1=CC(C)=C(CNC(=O)c2nc(-c3ccc(N)nc3)nc(N3CCC[C@@H]3C)c2C)C(=O)C1. The third-order valence-electron chi connectivity index (χ3n) is 6.35. The van der Waals surface area contributed by atoms with Crippen LogP contribution in [0.15, 0.2) is 41.1 Å². The summed E-state index contributed by atoms with van der Waals surface area (Å²) in [6.07, 6.45) is 6.15. The maximum atomic E-state index is 13.3. The highest BCUT2D eigenvalue weighted by molar-refractivity contribution is 6.01. The molecule has 3 heterocycles. The number of anilines is 2. The first-order valence-corrected chi connectivity index (χ1v) is 11.3. The normalized spacial score (nSPS) is 18.5. The molecule has 0 saturated carbocycles. The zero-order chi connectivity index (χ0) is 23.7. The number of nitrogens with two attached hydrogens (primary N) is 1. The number of ketones is 1. The van der Waals surface area contributed by atoms with Gasteiger partial charge in [0.25, 0.3) is 5.91 Å². The summed E-state index contributed by atoms with van der Waals surface area (Å²) in [4.78, 5) is 41.5. The highest BCUT2D eigenvalue weighted by atomic mass is 16.2. The monoisotopic (exact) mass is 446 g/mol. The van der Waals surface area contributed by atoms with Crippen molar-refractivity contribution in [2.75, 3.05) is 23.7 Å². The minimum atomic E-state index is -0.327. The van der Waals surface area contributed by atoms with E-state index >= 15 is 0 Å². The van der Waals surface area contributed by atoms with Gasteiger partial charge < -0.3 is 16.0 Å². The number of nitrogens with zero attached hydrogens (tertiary/aromatic N) is 4. The van der Waals surface area contributed by atoms with Crippen LogP contribution in [-0.4, -0.2) is 45.8 Å². The van der Waals surface area contributed by atoms with Gasteiger partial charge in [0.1, 0.15) is 17.3 Å². The molecule has 0 bridgehead atoms. The molecule has 1 atom stereocenters. The average Bonchev–Trinajstić information content (AvgIpc) is 3.19. The molecule has 1 aliphatic carbocycles. The molecule has 1 aliphatic heterocycles. The highest BCUT2D eigenvalue weighted by Crippen LogP contribution is 2.30. The summed E-state index contributed by atoms with van der Waals surface area (Å²) in [6, 6.07) is 3.82. The van der Waals surface area contributed by atoms with Crippen LogP contribution in [0.2, 0.25) is 0 Å². The summed E-state index contributed by atoms with van der Waals surface area (Å²) in [5.74, 6) is 1.31. The third kappa shape index (κ3) is 4.65. The summed E-state index contributed by atoms with van der Waals surface area (Å²) in [6.45, 7) is 8.93. The van der Waals surface area contributed by atoms with Crippen LogP contribution in [0, 0.1) is 6.92 Å². The van der Waals surface area contributed by atoms with Gasteiger partial charge in [-0.3, -0.25) is 9.59 Å². The van der Waals surface area contributed by atoms with Gasteiger partial charge >= 0.3 is 0 Å². The smallest absolute Gasteiger partial charge is 0.270 e. The molecule has 2 aromatic rings. The van der Waals surface area contributed by atoms with Crippen molar-refractivity contribution >= 4 is 23.3 Å². The fourth-order valence-corrected chi connectivity index (χ4v) is 4.50. The first-order valence-electron chi connectivity index (χ1n) is 11.3. The van der Waals surface area contributed by atoms with Crippen LogP contribution >= 0.6 is 0 Å². The van der Waals surface area contributed by atoms with Gasteiger partial charge in [0, 0.05) is 48.4 Å². The largest absolute Gasteiger partial charge is 0.384 e.